The third-order valence-corrected chi connectivity index (χ3v) is 2.16. The number of nitrogens with two attached hydrogens (primary N) is 1. The number of aromatic amines is 1. The van der Waals surface area contributed by atoms with Crippen LogP contribution < -0.4 is 5.73 Å². The van der Waals surface area contributed by atoms with E-state index in [0.29, 0.717) is 0 Å². The van der Waals surface area contributed by atoms with Crippen LogP contribution in [0.4, 0.5) is 0 Å². The molecule has 2 rings (SSSR count). The minimum Gasteiger partial charge on any atom is -0.360 e. The topological polar surface area (TPSA) is 54.7 Å². The van der Waals surface area contributed by atoms with E-state index in [9.17, 15) is 0 Å². The number of aromatic nitrogens is 2. The second-order valence-electron chi connectivity index (χ2n) is 4.38. The summed E-state index contributed by atoms with van der Waals surface area (Å²) in [5, 5.41) is 0. The highest BCUT2D eigenvalue weighted by Gasteiger charge is 2.14. The van der Waals surface area contributed by atoms with Crippen molar-refractivity contribution in [3.05, 3.63) is 30.1 Å². The molecule has 0 unspecified atom stereocenters. The number of pyridine rings is 1. The predicted octanol–water partition coefficient (Wildman–Crippen LogP) is 1.84. The van der Waals surface area contributed by atoms with Gasteiger partial charge in [0.15, 0.2) is 0 Å². The van der Waals surface area contributed by atoms with Gasteiger partial charge in [-0.25, -0.2) is 0 Å². The van der Waals surface area contributed by atoms with Crippen LogP contribution in [0, 0.1) is 0 Å². The first-order valence-corrected chi connectivity index (χ1v) is 4.76. The van der Waals surface area contributed by atoms with Crippen LogP contribution in [-0.2, 0) is 6.42 Å². The zero-order valence-corrected chi connectivity index (χ0v) is 8.54. The van der Waals surface area contributed by atoms with Gasteiger partial charge in [0.1, 0.15) is 0 Å². The summed E-state index contributed by atoms with van der Waals surface area (Å²) in [6.45, 7) is 4.05. The summed E-state index contributed by atoms with van der Waals surface area (Å²) < 4.78 is 0. The lowest BCUT2D eigenvalue weighted by atomic mass is 9.97. The molecule has 0 aliphatic carbocycles. The molecule has 74 valence electrons. The van der Waals surface area contributed by atoms with Crippen molar-refractivity contribution in [2.24, 2.45) is 5.73 Å². The van der Waals surface area contributed by atoms with E-state index >= 15 is 0 Å². The standard InChI is InChI=1S/C11H15N3/c1-11(2,12)6-8-7-14-9-4-3-5-13-10(8)9/h3-5,7,14H,6,12H2,1-2H3. The van der Waals surface area contributed by atoms with Crippen molar-refractivity contribution in [3.63, 3.8) is 0 Å². The molecule has 0 bridgehead atoms. The number of nitrogens with one attached hydrogen (secondary N) is 1. The van der Waals surface area contributed by atoms with Crippen LogP contribution in [0.2, 0.25) is 0 Å². The van der Waals surface area contributed by atoms with Crippen LogP contribution >= 0.6 is 0 Å². The molecule has 0 aromatic carbocycles. The number of H-pyrrole nitrogens is 1. The third-order valence-electron chi connectivity index (χ3n) is 2.16. The highest BCUT2D eigenvalue weighted by Crippen LogP contribution is 2.18. The molecule has 0 radical (unpaired) electrons. The van der Waals surface area contributed by atoms with Crippen LogP contribution in [0.25, 0.3) is 11.0 Å². The summed E-state index contributed by atoms with van der Waals surface area (Å²) in [7, 11) is 0. The quantitative estimate of drug-likeness (QED) is 0.757. The summed E-state index contributed by atoms with van der Waals surface area (Å²) in [6.07, 6.45) is 4.64. The highest BCUT2D eigenvalue weighted by molar-refractivity contribution is 5.78. The van der Waals surface area contributed by atoms with Crippen molar-refractivity contribution in [2.45, 2.75) is 25.8 Å². The van der Waals surface area contributed by atoms with E-state index in [0.717, 1.165) is 17.5 Å². The molecule has 14 heavy (non-hydrogen) atoms. The number of rotatable bonds is 2. The molecule has 3 heteroatoms. The van der Waals surface area contributed by atoms with E-state index in [2.05, 4.69) is 9.97 Å². The predicted molar refractivity (Wildman–Crippen MR) is 58.1 cm³/mol. The third kappa shape index (κ3) is 1.77. The first-order valence-electron chi connectivity index (χ1n) is 4.76. The normalized spacial score (nSPS) is 12.2. The van der Waals surface area contributed by atoms with Gasteiger partial charge >= 0.3 is 0 Å². The molecular weight excluding hydrogens is 174 g/mol. The van der Waals surface area contributed by atoms with Gasteiger partial charge in [-0.1, -0.05) is 0 Å². The molecule has 2 heterocycles. The fourth-order valence-corrected chi connectivity index (χ4v) is 1.64. The van der Waals surface area contributed by atoms with Crippen molar-refractivity contribution < 1.29 is 0 Å². The number of hydrogen-bond acceptors (Lipinski definition) is 2. The van der Waals surface area contributed by atoms with E-state index in [1.165, 1.54) is 5.56 Å². The van der Waals surface area contributed by atoms with E-state index in [4.69, 9.17) is 5.73 Å². The molecule has 0 atom stereocenters. The maximum Gasteiger partial charge on any atom is 0.0911 e. The van der Waals surface area contributed by atoms with Gasteiger partial charge in [-0.15, -0.1) is 0 Å². The largest absolute Gasteiger partial charge is 0.360 e. The summed E-state index contributed by atoms with van der Waals surface area (Å²) in [5.41, 5.74) is 9.09. The average molecular weight is 189 g/mol. The lowest BCUT2D eigenvalue weighted by Crippen LogP contribution is -2.34. The van der Waals surface area contributed by atoms with E-state index in [-0.39, 0.29) is 5.54 Å². The second-order valence-corrected chi connectivity index (χ2v) is 4.38. The SMILES string of the molecule is CC(C)(N)Cc1c[nH]c2cccnc12. The smallest absolute Gasteiger partial charge is 0.0911 e. The molecule has 0 fully saturated rings. The minimum absolute atomic E-state index is 0.188. The van der Waals surface area contributed by atoms with Crippen LogP contribution in [-0.4, -0.2) is 15.5 Å². The Morgan fingerprint density at radius 3 is 3.00 bits per heavy atom. The maximum atomic E-state index is 5.98. The fraction of sp³-hybridized carbons (Fsp3) is 0.364. The Bertz CT molecular complexity index is 437. The molecule has 0 aliphatic rings. The summed E-state index contributed by atoms with van der Waals surface area (Å²) in [5.74, 6) is 0. The van der Waals surface area contributed by atoms with Crippen molar-refractivity contribution in [1.82, 2.24) is 9.97 Å². The number of nitrogens with zero attached hydrogens (tertiary/aromatic N) is 1. The molecule has 2 aromatic rings. The monoisotopic (exact) mass is 189 g/mol. The molecule has 2 aromatic heterocycles. The molecular formula is C11H15N3. The molecule has 3 nitrogen and oxygen atoms in total. The second kappa shape index (κ2) is 3.10. The highest BCUT2D eigenvalue weighted by atomic mass is 14.8. The van der Waals surface area contributed by atoms with Crippen LogP contribution in [0.1, 0.15) is 19.4 Å². The van der Waals surface area contributed by atoms with Crippen molar-refractivity contribution in [2.75, 3.05) is 0 Å². The van der Waals surface area contributed by atoms with Crippen LogP contribution in [0.3, 0.4) is 0 Å². The van der Waals surface area contributed by atoms with E-state index in [1.54, 1.807) is 0 Å². The van der Waals surface area contributed by atoms with E-state index < -0.39 is 0 Å². The fourth-order valence-electron chi connectivity index (χ4n) is 1.64. The number of fused-ring (bicyclic) bond motifs is 1. The minimum atomic E-state index is -0.188. The van der Waals surface area contributed by atoms with Crippen molar-refractivity contribution in [1.29, 1.82) is 0 Å². The Hall–Kier alpha value is -1.35. The van der Waals surface area contributed by atoms with Crippen LogP contribution in [0.15, 0.2) is 24.5 Å². The van der Waals surface area contributed by atoms with Gasteiger partial charge in [0.25, 0.3) is 0 Å². The first-order chi connectivity index (χ1) is 6.56. The maximum absolute atomic E-state index is 5.98. The van der Waals surface area contributed by atoms with Gasteiger partial charge in [0, 0.05) is 17.9 Å². The van der Waals surface area contributed by atoms with Crippen molar-refractivity contribution >= 4 is 11.0 Å². The molecule has 0 amide bonds. The molecule has 0 aliphatic heterocycles. The van der Waals surface area contributed by atoms with E-state index in [1.807, 2.05) is 38.4 Å². The molecule has 3 N–H and O–H groups in total. The Balaban J connectivity index is 2.44. The summed E-state index contributed by atoms with van der Waals surface area (Å²) in [4.78, 5) is 7.53. The summed E-state index contributed by atoms with van der Waals surface area (Å²) >= 11 is 0. The Morgan fingerprint density at radius 2 is 2.29 bits per heavy atom. The lowest BCUT2D eigenvalue weighted by Gasteiger charge is -2.17. The van der Waals surface area contributed by atoms with Gasteiger partial charge in [-0.2, -0.15) is 0 Å². The molecule has 0 spiro atoms. The Morgan fingerprint density at radius 1 is 1.50 bits per heavy atom. The Kier molecular flexibility index (Phi) is 2.04. The zero-order chi connectivity index (χ0) is 10.2. The van der Waals surface area contributed by atoms with Crippen LogP contribution in [0.5, 0.6) is 0 Å². The van der Waals surface area contributed by atoms with Crippen molar-refractivity contribution in [3.8, 4) is 0 Å². The van der Waals surface area contributed by atoms with Gasteiger partial charge in [0.05, 0.1) is 11.0 Å². The van der Waals surface area contributed by atoms with Gasteiger partial charge in [-0.05, 0) is 38.0 Å². The Labute approximate surface area is 83.3 Å². The van der Waals surface area contributed by atoms with Gasteiger partial charge in [0.2, 0.25) is 0 Å². The van der Waals surface area contributed by atoms with Gasteiger partial charge < -0.3 is 10.7 Å². The van der Waals surface area contributed by atoms with Gasteiger partial charge in [-0.3, -0.25) is 4.98 Å². The first kappa shape index (κ1) is 9.21. The molecule has 0 saturated carbocycles. The summed E-state index contributed by atoms with van der Waals surface area (Å²) in [6, 6.07) is 3.95. The zero-order valence-electron chi connectivity index (χ0n) is 8.54. The number of hydrogen-bond donors (Lipinski definition) is 2. The lowest BCUT2D eigenvalue weighted by molar-refractivity contribution is 0.518. The average Bonchev–Trinajstić information content (AvgIpc) is 2.47. The molecule has 0 saturated heterocycles.